The number of nitrogens with zero attached hydrogens (tertiary/aromatic N) is 1. The normalized spacial score (nSPS) is 10.8. The van der Waals surface area contributed by atoms with Gasteiger partial charge in [0.1, 0.15) is 5.52 Å². The summed E-state index contributed by atoms with van der Waals surface area (Å²) in [6.07, 6.45) is 0. The summed E-state index contributed by atoms with van der Waals surface area (Å²) in [5, 5.41) is 6.64. The van der Waals surface area contributed by atoms with Crippen LogP contribution in [0.25, 0.3) is 22.6 Å². The highest BCUT2D eigenvalue weighted by molar-refractivity contribution is 7.80. The number of halogens is 3. The van der Waals surface area contributed by atoms with Gasteiger partial charge >= 0.3 is 0 Å². The van der Waals surface area contributed by atoms with E-state index in [1.54, 1.807) is 24.3 Å². The molecule has 9 heteroatoms. The molecule has 0 aliphatic heterocycles. The highest BCUT2D eigenvalue weighted by Gasteiger charge is 2.14. The molecule has 3 aromatic carbocycles. The van der Waals surface area contributed by atoms with E-state index in [0.717, 1.165) is 11.1 Å². The fraction of sp³-hybridized carbons (Fsp3) is 0.0455. The van der Waals surface area contributed by atoms with Crippen molar-refractivity contribution in [2.45, 2.75) is 6.92 Å². The Labute approximate surface area is 198 Å². The Morgan fingerprint density at radius 2 is 1.74 bits per heavy atom. The van der Waals surface area contributed by atoms with Crippen LogP contribution in [-0.4, -0.2) is 16.0 Å². The number of fused-ring (bicyclic) bond motifs is 1. The minimum Gasteiger partial charge on any atom is -0.436 e. The number of anilines is 1. The fourth-order valence-electron chi connectivity index (χ4n) is 2.88. The van der Waals surface area contributed by atoms with Gasteiger partial charge in [0.25, 0.3) is 5.91 Å². The molecule has 31 heavy (non-hydrogen) atoms. The van der Waals surface area contributed by atoms with Crippen molar-refractivity contribution in [1.82, 2.24) is 10.3 Å². The van der Waals surface area contributed by atoms with Crippen molar-refractivity contribution < 1.29 is 9.21 Å². The van der Waals surface area contributed by atoms with Crippen LogP contribution in [0.15, 0.2) is 59.0 Å². The van der Waals surface area contributed by atoms with E-state index in [1.807, 2.05) is 25.1 Å². The topological polar surface area (TPSA) is 67.2 Å². The van der Waals surface area contributed by atoms with Crippen LogP contribution in [0.3, 0.4) is 0 Å². The molecule has 0 bridgehead atoms. The average Bonchev–Trinajstić information content (AvgIpc) is 3.14. The minimum atomic E-state index is -0.433. The fourth-order valence-corrected chi connectivity index (χ4v) is 3.54. The maximum absolute atomic E-state index is 12.4. The van der Waals surface area contributed by atoms with E-state index in [9.17, 15) is 4.79 Å². The Morgan fingerprint density at radius 1 is 0.968 bits per heavy atom. The molecule has 0 unspecified atom stereocenters. The Morgan fingerprint density at radius 3 is 2.52 bits per heavy atom. The second-order valence-corrected chi connectivity index (χ2v) is 8.35. The van der Waals surface area contributed by atoms with Crippen molar-refractivity contribution >= 4 is 74.8 Å². The van der Waals surface area contributed by atoms with E-state index in [4.69, 9.17) is 51.4 Å². The summed E-state index contributed by atoms with van der Waals surface area (Å²) < 4.78 is 5.87. The smallest absolute Gasteiger partial charge is 0.257 e. The molecule has 0 fully saturated rings. The minimum absolute atomic E-state index is 0.0725. The molecule has 4 rings (SSSR count). The van der Waals surface area contributed by atoms with Gasteiger partial charge in [-0.3, -0.25) is 10.1 Å². The Bertz CT molecular complexity index is 1340. The van der Waals surface area contributed by atoms with E-state index in [2.05, 4.69) is 15.6 Å². The molecule has 0 aliphatic rings. The number of aromatic nitrogens is 1. The number of nitrogens with one attached hydrogen (secondary N) is 2. The molecule has 0 radical (unpaired) electrons. The first-order valence-electron chi connectivity index (χ1n) is 9.04. The van der Waals surface area contributed by atoms with Gasteiger partial charge in [-0.05, 0) is 73.2 Å². The number of carbonyl (C=O) groups is 1. The molecule has 0 atom stereocenters. The third kappa shape index (κ3) is 4.83. The summed E-state index contributed by atoms with van der Waals surface area (Å²) in [5.41, 5.74) is 4.06. The average molecular weight is 491 g/mol. The van der Waals surface area contributed by atoms with E-state index in [1.165, 1.54) is 12.1 Å². The van der Waals surface area contributed by atoms with Crippen LogP contribution in [0.1, 0.15) is 15.9 Å². The first-order valence-corrected chi connectivity index (χ1v) is 10.6. The van der Waals surface area contributed by atoms with Crippen molar-refractivity contribution in [3.05, 3.63) is 80.8 Å². The SMILES string of the molecule is Cc1ccc2nc(-c3ccc(Cl)c(NC(=S)NC(=O)c4ccc(Cl)c(Cl)c4)c3)oc2c1. The molecule has 5 nitrogen and oxygen atoms in total. The maximum Gasteiger partial charge on any atom is 0.257 e. The standard InChI is InChI=1S/C22H14Cl3N3O2S/c1-11-2-7-17-19(8-11)30-21(26-17)13-4-6-15(24)18(10-13)27-22(31)28-20(29)12-3-5-14(23)16(25)9-12/h2-10H,1H3,(H2,27,28,29,31). The number of hydrogen-bond donors (Lipinski definition) is 2. The summed E-state index contributed by atoms with van der Waals surface area (Å²) in [4.78, 5) is 16.9. The van der Waals surface area contributed by atoms with Gasteiger partial charge in [-0.1, -0.05) is 40.9 Å². The number of rotatable bonds is 3. The number of thiocarbonyl (C=S) groups is 1. The third-order valence-electron chi connectivity index (χ3n) is 4.41. The lowest BCUT2D eigenvalue weighted by Crippen LogP contribution is -2.34. The van der Waals surface area contributed by atoms with Gasteiger partial charge in [0.05, 0.1) is 20.8 Å². The van der Waals surface area contributed by atoms with E-state index in [-0.39, 0.29) is 10.1 Å². The largest absolute Gasteiger partial charge is 0.436 e. The monoisotopic (exact) mass is 489 g/mol. The first-order chi connectivity index (χ1) is 14.8. The second kappa shape index (κ2) is 8.85. The van der Waals surface area contributed by atoms with Crippen molar-refractivity contribution in [2.24, 2.45) is 0 Å². The molecule has 2 N–H and O–H groups in total. The zero-order chi connectivity index (χ0) is 22.1. The van der Waals surface area contributed by atoms with Gasteiger partial charge < -0.3 is 9.73 Å². The molecule has 156 valence electrons. The van der Waals surface area contributed by atoms with E-state index in [0.29, 0.717) is 38.3 Å². The summed E-state index contributed by atoms with van der Waals surface area (Å²) in [5.74, 6) is 0.0174. The molecule has 4 aromatic rings. The number of aryl methyl sites for hydroxylation is 1. The van der Waals surface area contributed by atoms with Crippen LogP contribution in [0.5, 0.6) is 0 Å². The van der Waals surface area contributed by atoms with Gasteiger partial charge in [-0.25, -0.2) is 4.98 Å². The summed E-state index contributed by atoms with van der Waals surface area (Å²) in [6.45, 7) is 1.99. The summed E-state index contributed by atoms with van der Waals surface area (Å²) >= 11 is 23.4. The highest BCUT2D eigenvalue weighted by atomic mass is 35.5. The molecule has 1 amide bonds. The first kappa shape index (κ1) is 21.6. The van der Waals surface area contributed by atoms with Gasteiger partial charge in [-0.15, -0.1) is 0 Å². The van der Waals surface area contributed by atoms with Gasteiger partial charge in [-0.2, -0.15) is 0 Å². The lowest BCUT2D eigenvalue weighted by atomic mass is 10.2. The number of carbonyl (C=O) groups excluding carboxylic acids is 1. The van der Waals surface area contributed by atoms with Gasteiger partial charge in [0.2, 0.25) is 5.89 Å². The van der Waals surface area contributed by atoms with Crippen molar-refractivity contribution in [3.8, 4) is 11.5 Å². The van der Waals surface area contributed by atoms with Crippen LogP contribution < -0.4 is 10.6 Å². The quantitative estimate of drug-likeness (QED) is 0.306. The molecule has 0 saturated carbocycles. The lowest BCUT2D eigenvalue weighted by molar-refractivity contribution is 0.0977. The van der Waals surface area contributed by atoms with Crippen LogP contribution in [0.2, 0.25) is 15.1 Å². The Hall–Kier alpha value is -2.64. The maximum atomic E-state index is 12.4. The summed E-state index contributed by atoms with van der Waals surface area (Å²) in [7, 11) is 0. The molecule has 0 spiro atoms. The molecule has 0 saturated heterocycles. The summed E-state index contributed by atoms with van der Waals surface area (Å²) in [6, 6.07) is 15.6. The lowest BCUT2D eigenvalue weighted by Gasteiger charge is -2.12. The Kier molecular flexibility index (Phi) is 6.16. The third-order valence-corrected chi connectivity index (χ3v) is 5.69. The molecular formula is C22H14Cl3N3O2S. The van der Waals surface area contributed by atoms with Crippen molar-refractivity contribution in [2.75, 3.05) is 5.32 Å². The molecule has 0 aliphatic carbocycles. The van der Waals surface area contributed by atoms with E-state index < -0.39 is 5.91 Å². The van der Waals surface area contributed by atoms with Crippen LogP contribution in [-0.2, 0) is 0 Å². The number of oxazole rings is 1. The Balaban J connectivity index is 1.53. The van der Waals surface area contributed by atoms with Crippen LogP contribution in [0.4, 0.5) is 5.69 Å². The van der Waals surface area contributed by atoms with Gasteiger partial charge in [0.15, 0.2) is 10.7 Å². The van der Waals surface area contributed by atoms with Crippen LogP contribution in [0, 0.1) is 6.92 Å². The second-order valence-electron chi connectivity index (χ2n) is 6.72. The van der Waals surface area contributed by atoms with Crippen LogP contribution >= 0.6 is 47.0 Å². The number of amides is 1. The zero-order valence-electron chi connectivity index (χ0n) is 16.0. The van der Waals surface area contributed by atoms with E-state index >= 15 is 0 Å². The zero-order valence-corrected chi connectivity index (χ0v) is 19.1. The molecular weight excluding hydrogens is 477 g/mol. The predicted molar refractivity (Wildman–Crippen MR) is 129 cm³/mol. The predicted octanol–water partition coefficient (Wildman–Crippen LogP) is 6.89. The van der Waals surface area contributed by atoms with Crippen molar-refractivity contribution in [1.29, 1.82) is 0 Å². The van der Waals surface area contributed by atoms with Crippen molar-refractivity contribution in [3.63, 3.8) is 0 Å². The molecule has 1 heterocycles. The number of benzene rings is 3. The highest BCUT2D eigenvalue weighted by Crippen LogP contribution is 2.31. The van der Waals surface area contributed by atoms with Gasteiger partial charge in [0, 0.05) is 11.1 Å². The molecule has 1 aromatic heterocycles. The number of hydrogen-bond acceptors (Lipinski definition) is 4.